The van der Waals surface area contributed by atoms with Gasteiger partial charge in [-0.25, -0.2) is 4.98 Å². The molecule has 2 N–H and O–H groups in total. The molecule has 0 bridgehead atoms. The van der Waals surface area contributed by atoms with Gasteiger partial charge in [-0.3, -0.25) is 14.9 Å². The molecule has 3 heterocycles. The van der Waals surface area contributed by atoms with Gasteiger partial charge in [0.1, 0.15) is 16.3 Å². The van der Waals surface area contributed by atoms with Crippen molar-refractivity contribution in [3.8, 4) is 11.5 Å². The number of thiazole rings is 1. The minimum atomic E-state index is -0.265. The van der Waals surface area contributed by atoms with Gasteiger partial charge in [0, 0.05) is 12.3 Å². The number of carbonyl (C=O) groups excluding carboxylic acids is 2. The number of hydrogen-bond donors (Lipinski definition) is 2. The Hall–Kier alpha value is -2.59. The fourth-order valence-corrected chi connectivity index (χ4v) is 3.37. The SMILES string of the molecule is CCc1nnsc1C(=O)Nc1nc(-c2ccc(CNC(C)=O)o2)cs1. The van der Waals surface area contributed by atoms with Crippen LogP contribution in [0.1, 0.15) is 35.0 Å². The normalized spacial score (nSPS) is 10.6. The Kier molecular flexibility index (Phi) is 5.19. The molecule has 0 spiro atoms. The Morgan fingerprint density at radius 1 is 1.32 bits per heavy atom. The summed E-state index contributed by atoms with van der Waals surface area (Å²) in [6, 6.07) is 3.56. The molecule has 0 saturated carbocycles. The second-order valence-corrected chi connectivity index (χ2v) is 6.68. The molecule has 0 atom stereocenters. The van der Waals surface area contributed by atoms with Crippen molar-refractivity contribution in [2.45, 2.75) is 26.8 Å². The van der Waals surface area contributed by atoms with Crippen molar-refractivity contribution in [3.63, 3.8) is 0 Å². The van der Waals surface area contributed by atoms with Crippen LogP contribution in [0.25, 0.3) is 11.5 Å². The molecule has 3 rings (SSSR count). The van der Waals surface area contributed by atoms with E-state index in [1.165, 1.54) is 18.3 Å². The number of nitrogens with one attached hydrogen (secondary N) is 2. The maximum Gasteiger partial charge on any atom is 0.271 e. The molecule has 3 aromatic heterocycles. The predicted molar refractivity (Wildman–Crippen MR) is 94.6 cm³/mol. The van der Waals surface area contributed by atoms with Gasteiger partial charge in [0.25, 0.3) is 5.91 Å². The molecule has 3 aromatic rings. The molecular weight excluding hydrogens is 362 g/mol. The molecule has 0 radical (unpaired) electrons. The lowest BCUT2D eigenvalue weighted by Crippen LogP contribution is -2.18. The summed E-state index contributed by atoms with van der Waals surface area (Å²) in [6.45, 7) is 3.69. The van der Waals surface area contributed by atoms with Gasteiger partial charge in [-0.2, -0.15) is 0 Å². The lowest BCUT2D eigenvalue weighted by molar-refractivity contribution is -0.119. The van der Waals surface area contributed by atoms with Crippen molar-refractivity contribution >= 4 is 39.8 Å². The lowest BCUT2D eigenvalue weighted by Gasteiger charge is -1.99. The van der Waals surface area contributed by atoms with Crippen molar-refractivity contribution in [1.82, 2.24) is 19.9 Å². The third kappa shape index (κ3) is 4.09. The molecule has 2 amide bonds. The van der Waals surface area contributed by atoms with Gasteiger partial charge in [-0.05, 0) is 30.1 Å². The second kappa shape index (κ2) is 7.53. The van der Waals surface area contributed by atoms with Crippen LogP contribution in [0.15, 0.2) is 21.9 Å². The number of aryl methyl sites for hydroxylation is 1. The Morgan fingerprint density at radius 3 is 2.92 bits per heavy atom. The molecule has 0 aromatic carbocycles. The Morgan fingerprint density at radius 2 is 2.16 bits per heavy atom. The van der Waals surface area contributed by atoms with Crippen molar-refractivity contribution in [3.05, 3.63) is 33.8 Å². The molecule has 130 valence electrons. The van der Waals surface area contributed by atoms with Gasteiger partial charge in [0.15, 0.2) is 10.9 Å². The summed E-state index contributed by atoms with van der Waals surface area (Å²) in [7, 11) is 0. The summed E-state index contributed by atoms with van der Waals surface area (Å²) in [5.74, 6) is 0.817. The number of nitrogens with zero attached hydrogens (tertiary/aromatic N) is 3. The fraction of sp³-hybridized carbons (Fsp3) is 0.267. The number of anilines is 1. The molecule has 10 heteroatoms. The van der Waals surface area contributed by atoms with Crippen molar-refractivity contribution in [2.75, 3.05) is 5.32 Å². The zero-order valence-corrected chi connectivity index (χ0v) is 15.2. The smallest absolute Gasteiger partial charge is 0.271 e. The van der Waals surface area contributed by atoms with Crippen molar-refractivity contribution in [2.24, 2.45) is 0 Å². The van der Waals surface area contributed by atoms with E-state index in [2.05, 4.69) is 25.2 Å². The highest BCUT2D eigenvalue weighted by atomic mass is 32.1. The first kappa shape index (κ1) is 17.2. The van der Waals surface area contributed by atoms with E-state index < -0.39 is 0 Å². The fourth-order valence-electron chi connectivity index (χ4n) is 2.03. The minimum Gasteiger partial charge on any atom is -0.458 e. The van der Waals surface area contributed by atoms with Gasteiger partial charge < -0.3 is 9.73 Å². The van der Waals surface area contributed by atoms with Gasteiger partial charge in [0.2, 0.25) is 5.91 Å². The molecule has 0 fully saturated rings. The van der Waals surface area contributed by atoms with E-state index in [1.807, 2.05) is 6.92 Å². The molecule has 0 aliphatic carbocycles. The Balaban J connectivity index is 1.68. The van der Waals surface area contributed by atoms with Crippen LogP contribution in [-0.2, 0) is 17.8 Å². The molecule has 0 aliphatic heterocycles. The third-order valence-electron chi connectivity index (χ3n) is 3.25. The minimum absolute atomic E-state index is 0.124. The molecule has 8 nitrogen and oxygen atoms in total. The van der Waals surface area contributed by atoms with Crippen LogP contribution in [0.4, 0.5) is 5.13 Å². The average molecular weight is 377 g/mol. The van der Waals surface area contributed by atoms with Crippen LogP contribution < -0.4 is 10.6 Å². The zero-order chi connectivity index (χ0) is 17.8. The van der Waals surface area contributed by atoms with E-state index in [9.17, 15) is 9.59 Å². The topological polar surface area (TPSA) is 110 Å². The standard InChI is InChI=1S/C15H15N5O3S2/c1-3-10-13(25-20-19-10)14(22)18-15-17-11(7-24-15)12-5-4-9(23-12)6-16-8(2)21/h4-5,7H,3,6H2,1-2H3,(H,16,21)(H,17,18,22). The predicted octanol–water partition coefficient (Wildman–Crippen LogP) is 2.71. The average Bonchev–Trinajstić information content (AvgIpc) is 3.32. The van der Waals surface area contributed by atoms with Gasteiger partial charge in [0.05, 0.1) is 12.2 Å². The second-order valence-electron chi connectivity index (χ2n) is 5.07. The molecule has 0 saturated heterocycles. The summed E-state index contributed by atoms with van der Waals surface area (Å²) >= 11 is 2.37. The summed E-state index contributed by atoms with van der Waals surface area (Å²) in [5, 5.41) is 11.6. The number of aromatic nitrogens is 3. The largest absolute Gasteiger partial charge is 0.458 e. The summed E-state index contributed by atoms with van der Waals surface area (Å²) in [4.78, 5) is 28.1. The monoisotopic (exact) mass is 377 g/mol. The highest BCUT2D eigenvalue weighted by Gasteiger charge is 2.17. The Bertz CT molecular complexity index is 899. The first-order chi connectivity index (χ1) is 12.1. The molecule has 0 aliphatic rings. The van der Waals surface area contributed by atoms with Crippen LogP contribution in [-0.4, -0.2) is 26.4 Å². The number of carbonyl (C=O) groups is 2. The van der Waals surface area contributed by atoms with Crippen LogP contribution >= 0.6 is 22.9 Å². The van der Waals surface area contributed by atoms with E-state index in [0.29, 0.717) is 45.9 Å². The molecule has 25 heavy (non-hydrogen) atoms. The van der Waals surface area contributed by atoms with Crippen LogP contribution in [0.2, 0.25) is 0 Å². The summed E-state index contributed by atoms with van der Waals surface area (Å²) in [6.07, 6.45) is 0.645. The Labute approximate surface area is 151 Å². The van der Waals surface area contributed by atoms with E-state index in [4.69, 9.17) is 4.42 Å². The van der Waals surface area contributed by atoms with E-state index in [1.54, 1.807) is 17.5 Å². The van der Waals surface area contributed by atoms with Crippen molar-refractivity contribution < 1.29 is 14.0 Å². The third-order valence-corrected chi connectivity index (χ3v) is 4.77. The van der Waals surface area contributed by atoms with Gasteiger partial charge >= 0.3 is 0 Å². The van der Waals surface area contributed by atoms with Crippen LogP contribution in [0.3, 0.4) is 0 Å². The lowest BCUT2D eigenvalue weighted by atomic mass is 10.3. The van der Waals surface area contributed by atoms with Crippen LogP contribution in [0.5, 0.6) is 0 Å². The van der Waals surface area contributed by atoms with Gasteiger partial charge in [-0.1, -0.05) is 11.4 Å². The van der Waals surface area contributed by atoms with E-state index in [0.717, 1.165) is 11.5 Å². The summed E-state index contributed by atoms with van der Waals surface area (Å²) < 4.78 is 9.46. The number of hydrogen-bond acceptors (Lipinski definition) is 8. The maximum atomic E-state index is 12.3. The summed E-state index contributed by atoms with van der Waals surface area (Å²) in [5.41, 5.74) is 1.29. The molecule has 0 unspecified atom stereocenters. The van der Waals surface area contributed by atoms with Crippen molar-refractivity contribution in [1.29, 1.82) is 0 Å². The quantitative estimate of drug-likeness (QED) is 0.683. The van der Waals surface area contributed by atoms with E-state index >= 15 is 0 Å². The first-order valence-electron chi connectivity index (χ1n) is 7.48. The van der Waals surface area contributed by atoms with E-state index in [-0.39, 0.29) is 11.8 Å². The van der Waals surface area contributed by atoms with Gasteiger partial charge in [-0.15, -0.1) is 16.4 Å². The zero-order valence-electron chi connectivity index (χ0n) is 13.5. The highest BCUT2D eigenvalue weighted by Crippen LogP contribution is 2.27. The molecular formula is C15H15N5O3S2. The number of rotatable bonds is 6. The highest BCUT2D eigenvalue weighted by molar-refractivity contribution is 7.14. The number of furan rings is 1. The maximum absolute atomic E-state index is 12.3. The van der Waals surface area contributed by atoms with Crippen LogP contribution in [0, 0.1) is 0 Å². The number of amides is 2. The first-order valence-corrected chi connectivity index (χ1v) is 9.13.